The maximum absolute atomic E-state index is 12.7. The molecule has 0 radical (unpaired) electrons. The number of nitrogens with one attached hydrogen (secondary N) is 1. The molecule has 3 rings (SSSR count). The summed E-state index contributed by atoms with van der Waals surface area (Å²) in [4.78, 5) is 27.0. The van der Waals surface area contributed by atoms with Crippen LogP contribution in [0, 0.1) is 13.8 Å². The summed E-state index contributed by atoms with van der Waals surface area (Å²) in [6, 6.07) is 10.9. The average Bonchev–Trinajstić information content (AvgIpc) is 3.05. The number of rotatable bonds is 7. The molecular weight excluding hydrogens is 368 g/mol. The number of amides is 2. The Kier molecular flexibility index (Phi) is 6.42. The van der Waals surface area contributed by atoms with Crippen LogP contribution in [0.4, 0.5) is 5.69 Å². The first-order valence-corrected chi connectivity index (χ1v) is 10.0. The molecule has 29 heavy (non-hydrogen) atoms. The van der Waals surface area contributed by atoms with Gasteiger partial charge in [-0.2, -0.15) is 0 Å². The quantitative estimate of drug-likeness (QED) is 0.776. The second kappa shape index (κ2) is 8.99. The molecule has 1 atom stereocenters. The molecule has 2 aromatic carbocycles. The molecule has 0 bridgehead atoms. The van der Waals surface area contributed by atoms with Gasteiger partial charge in [-0.05, 0) is 69.2 Å². The number of carbonyl (C=O) groups excluding carboxylic acids is 2. The van der Waals surface area contributed by atoms with E-state index in [4.69, 9.17) is 9.47 Å². The standard InChI is InChI=1S/C23H28N2O4/c1-5-28-20-10-8-17(12-21(20)29-6-2)23(27)24-18-13-22(26)25(14-18)19-9-7-15(3)16(4)11-19/h7-12,18H,5-6,13-14H2,1-4H3,(H,24,27)/t18-/m1/s1. The van der Waals surface area contributed by atoms with Crippen molar-refractivity contribution in [3.8, 4) is 11.5 Å². The molecule has 0 unspecified atom stereocenters. The van der Waals surface area contributed by atoms with E-state index in [0.717, 1.165) is 11.3 Å². The smallest absolute Gasteiger partial charge is 0.251 e. The Morgan fingerprint density at radius 2 is 1.76 bits per heavy atom. The van der Waals surface area contributed by atoms with Crippen molar-refractivity contribution in [2.45, 2.75) is 40.2 Å². The summed E-state index contributed by atoms with van der Waals surface area (Å²) in [5.74, 6) is 0.943. The van der Waals surface area contributed by atoms with Crippen LogP contribution < -0.4 is 19.7 Å². The molecule has 1 saturated heterocycles. The van der Waals surface area contributed by atoms with Crippen LogP contribution in [0.15, 0.2) is 36.4 Å². The number of benzene rings is 2. The third kappa shape index (κ3) is 4.70. The van der Waals surface area contributed by atoms with Crippen molar-refractivity contribution in [2.75, 3.05) is 24.7 Å². The topological polar surface area (TPSA) is 67.9 Å². The van der Waals surface area contributed by atoms with Crippen molar-refractivity contribution in [3.05, 3.63) is 53.1 Å². The lowest BCUT2D eigenvalue weighted by molar-refractivity contribution is -0.117. The first kappa shape index (κ1) is 20.7. The number of carbonyl (C=O) groups is 2. The van der Waals surface area contributed by atoms with Gasteiger partial charge in [0.15, 0.2) is 11.5 Å². The van der Waals surface area contributed by atoms with E-state index in [1.165, 1.54) is 5.56 Å². The van der Waals surface area contributed by atoms with Crippen molar-refractivity contribution >= 4 is 17.5 Å². The zero-order valence-electron chi connectivity index (χ0n) is 17.5. The molecule has 1 aliphatic rings. The Balaban J connectivity index is 1.70. The summed E-state index contributed by atoms with van der Waals surface area (Å²) in [6.45, 7) is 9.31. The molecule has 1 heterocycles. The summed E-state index contributed by atoms with van der Waals surface area (Å²) in [5.41, 5.74) is 3.68. The summed E-state index contributed by atoms with van der Waals surface area (Å²) in [5, 5.41) is 2.97. The van der Waals surface area contributed by atoms with Crippen molar-refractivity contribution < 1.29 is 19.1 Å². The average molecular weight is 396 g/mol. The van der Waals surface area contributed by atoms with Crippen LogP contribution in [0.1, 0.15) is 41.8 Å². The highest BCUT2D eigenvalue weighted by Crippen LogP contribution is 2.29. The van der Waals surface area contributed by atoms with Gasteiger partial charge in [-0.15, -0.1) is 0 Å². The second-order valence-electron chi connectivity index (χ2n) is 7.17. The van der Waals surface area contributed by atoms with Crippen LogP contribution in [0.5, 0.6) is 11.5 Å². The zero-order valence-corrected chi connectivity index (χ0v) is 17.5. The molecule has 1 N–H and O–H groups in total. The Labute approximate surface area is 171 Å². The highest BCUT2D eigenvalue weighted by Gasteiger charge is 2.32. The summed E-state index contributed by atoms with van der Waals surface area (Å²) in [7, 11) is 0. The van der Waals surface area contributed by atoms with E-state index in [1.807, 2.05) is 45.9 Å². The van der Waals surface area contributed by atoms with Crippen LogP contribution in [-0.2, 0) is 4.79 Å². The first-order chi connectivity index (χ1) is 13.9. The predicted molar refractivity (Wildman–Crippen MR) is 113 cm³/mol. The van der Waals surface area contributed by atoms with Gasteiger partial charge in [-0.3, -0.25) is 9.59 Å². The van der Waals surface area contributed by atoms with Crippen LogP contribution in [0.3, 0.4) is 0 Å². The van der Waals surface area contributed by atoms with Gasteiger partial charge in [-0.1, -0.05) is 6.07 Å². The Bertz CT molecular complexity index is 910. The minimum absolute atomic E-state index is 0.0141. The third-order valence-corrected chi connectivity index (χ3v) is 5.07. The van der Waals surface area contributed by atoms with Crippen LogP contribution in [-0.4, -0.2) is 37.6 Å². The monoisotopic (exact) mass is 396 g/mol. The van der Waals surface area contributed by atoms with E-state index in [2.05, 4.69) is 5.32 Å². The maximum atomic E-state index is 12.7. The second-order valence-corrected chi connectivity index (χ2v) is 7.17. The van der Waals surface area contributed by atoms with Gasteiger partial charge in [0, 0.05) is 24.2 Å². The van der Waals surface area contributed by atoms with Crippen LogP contribution >= 0.6 is 0 Å². The number of hydrogen-bond donors (Lipinski definition) is 1. The third-order valence-electron chi connectivity index (χ3n) is 5.07. The molecule has 0 aliphatic carbocycles. The normalized spacial score (nSPS) is 16.1. The van der Waals surface area contributed by atoms with Crippen molar-refractivity contribution in [3.63, 3.8) is 0 Å². The summed E-state index contributed by atoms with van der Waals surface area (Å²) in [6.07, 6.45) is 0.286. The molecule has 0 spiro atoms. The molecule has 1 fully saturated rings. The molecular formula is C23H28N2O4. The van der Waals surface area contributed by atoms with Crippen LogP contribution in [0.2, 0.25) is 0 Å². The number of aryl methyl sites for hydroxylation is 2. The van der Waals surface area contributed by atoms with Gasteiger partial charge < -0.3 is 19.7 Å². The SMILES string of the molecule is CCOc1ccc(C(=O)N[C@@H]2CC(=O)N(c3ccc(C)c(C)c3)C2)cc1OCC. The van der Waals surface area contributed by atoms with Gasteiger partial charge >= 0.3 is 0 Å². The number of anilines is 1. The van der Waals surface area contributed by atoms with Gasteiger partial charge in [0.2, 0.25) is 5.91 Å². The van der Waals surface area contributed by atoms with E-state index in [9.17, 15) is 9.59 Å². The molecule has 6 nitrogen and oxygen atoms in total. The lowest BCUT2D eigenvalue weighted by Crippen LogP contribution is -2.37. The lowest BCUT2D eigenvalue weighted by atomic mass is 10.1. The first-order valence-electron chi connectivity index (χ1n) is 10.0. The van der Waals surface area contributed by atoms with Crippen molar-refractivity contribution in [1.82, 2.24) is 5.32 Å². The summed E-state index contributed by atoms with van der Waals surface area (Å²) < 4.78 is 11.1. The van der Waals surface area contributed by atoms with E-state index in [0.29, 0.717) is 36.8 Å². The highest BCUT2D eigenvalue weighted by atomic mass is 16.5. The molecule has 6 heteroatoms. The predicted octanol–water partition coefficient (Wildman–Crippen LogP) is 3.64. The van der Waals surface area contributed by atoms with Gasteiger partial charge in [-0.25, -0.2) is 0 Å². The Morgan fingerprint density at radius 3 is 2.45 bits per heavy atom. The van der Waals surface area contributed by atoms with E-state index in [1.54, 1.807) is 23.1 Å². The molecule has 2 aromatic rings. The fraction of sp³-hybridized carbons (Fsp3) is 0.391. The molecule has 0 saturated carbocycles. The number of ether oxygens (including phenoxy) is 2. The zero-order chi connectivity index (χ0) is 21.0. The largest absolute Gasteiger partial charge is 0.490 e. The molecule has 0 aromatic heterocycles. The Morgan fingerprint density at radius 1 is 1.03 bits per heavy atom. The van der Waals surface area contributed by atoms with Gasteiger partial charge in [0.25, 0.3) is 5.91 Å². The highest BCUT2D eigenvalue weighted by molar-refractivity contribution is 5.99. The van der Waals surface area contributed by atoms with Crippen molar-refractivity contribution in [1.29, 1.82) is 0 Å². The number of hydrogen-bond acceptors (Lipinski definition) is 4. The van der Waals surface area contributed by atoms with Gasteiger partial charge in [0.1, 0.15) is 0 Å². The Hall–Kier alpha value is -3.02. The van der Waals surface area contributed by atoms with E-state index < -0.39 is 0 Å². The minimum Gasteiger partial charge on any atom is -0.490 e. The van der Waals surface area contributed by atoms with Gasteiger partial charge in [0.05, 0.1) is 19.3 Å². The fourth-order valence-electron chi connectivity index (χ4n) is 3.41. The lowest BCUT2D eigenvalue weighted by Gasteiger charge is -2.18. The minimum atomic E-state index is -0.237. The fourth-order valence-corrected chi connectivity index (χ4v) is 3.41. The molecule has 1 aliphatic heterocycles. The van der Waals surface area contributed by atoms with Crippen LogP contribution in [0.25, 0.3) is 0 Å². The van der Waals surface area contributed by atoms with E-state index >= 15 is 0 Å². The van der Waals surface area contributed by atoms with E-state index in [-0.39, 0.29) is 24.3 Å². The number of nitrogens with zero attached hydrogens (tertiary/aromatic N) is 1. The molecule has 2 amide bonds. The van der Waals surface area contributed by atoms with Crippen molar-refractivity contribution in [2.24, 2.45) is 0 Å². The molecule has 154 valence electrons. The maximum Gasteiger partial charge on any atom is 0.251 e. The summed E-state index contributed by atoms with van der Waals surface area (Å²) >= 11 is 0.